The minimum Gasteiger partial charge on any atom is -0.355 e. The van der Waals surface area contributed by atoms with Gasteiger partial charge in [-0.15, -0.1) is 0 Å². The van der Waals surface area contributed by atoms with Gasteiger partial charge >= 0.3 is 0 Å². The van der Waals surface area contributed by atoms with E-state index in [2.05, 4.69) is 10.3 Å². The molecule has 2 aromatic rings. The average molecular weight is 339 g/mol. The standard InChI is InChI=1S/C15H21N3O2S2/c1-21-11-14-17-12-6-3-4-7-13(12)18(14)10-15(19)16-8-5-9-22(2)20/h3-4,6-7H,5,8-11H2,1-2H3,(H,16,19)/t22-/m0/s1. The molecule has 0 aliphatic carbocycles. The highest BCUT2D eigenvalue weighted by molar-refractivity contribution is 7.97. The number of imidazole rings is 1. The highest BCUT2D eigenvalue weighted by Crippen LogP contribution is 2.18. The van der Waals surface area contributed by atoms with Gasteiger partial charge in [-0.1, -0.05) is 12.1 Å². The first kappa shape index (κ1) is 17.0. The van der Waals surface area contributed by atoms with Crippen LogP contribution in [0.3, 0.4) is 0 Å². The van der Waals surface area contributed by atoms with Gasteiger partial charge in [-0.3, -0.25) is 9.00 Å². The molecular formula is C15H21N3O2S2. The molecule has 0 spiro atoms. The van der Waals surface area contributed by atoms with Crippen LogP contribution in [-0.2, 0) is 27.9 Å². The zero-order chi connectivity index (χ0) is 15.9. The van der Waals surface area contributed by atoms with E-state index in [9.17, 15) is 9.00 Å². The molecule has 0 fully saturated rings. The predicted octanol–water partition coefficient (Wildman–Crippen LogP) is 1.78. The Kier molecular flexibility index (Phi) is 6.45. The Morgan fingerprint density at radius 3 is 2.91 bits per heavy atom. The normalized spacial score (nSPS) is 12.5. The van der Waals surface area contributed by atoms with E-state index in [1.54, 1.807) is 18.0 Å². The van der Waals surface area contributed by atoms with Crippen LogP contribution in [0.4, 0.5) is 0 Å². The number of aromatic nitrogens is 2. The maximum absolute atomic E-state index is 12.1. The summed E-state index contributed by atoms with van der Waals surface area (Å²) >= 11 is 1.69. The summed E-state index contributed by atoms with van der Waals surface area (Å²) in [4.78, 5) is 16.7. The fourth-order valence-corrected chi connectivity index (χ4v) is 3.27. The Bertz CT molecular complexity index is 670. The van der Waals surface area contributed by atoms with Gasteiger partial charge < -0.3 is 9.88 Å². The molecule has 0 unspecified atom stereocenters. The first-order chi connectivity index (χ1) is 10.6. The van der Waals surface area contributed by atoms with Gasteiger partial charge in [-0.25, -0.2) is 4.98 Å². The Morgan fingerprint density at radius 2 is 2.18 bits per heavy atom. The molecule has 1 atom stereocenters. The van der Waals surface area contributed by atoms with Crippen molar-refractivity contribution in [2.75, 3.05) is 24.8 Å². The molecule has 120 valence electrons. The lowest BCUT2D eigenvalue weighted by atomic mass is 10.3. The van der Waals surface area contributed by atoms with Crippen LogP contribution in [-0.4, -0.2) is 44.5 Å². The Balaban J connectivity index is 2.04. The van der Waals surface area contributed by atoms with Gasteiger partial charge in [0.15, 0.2) is 0 Å². The Morgan fingerprint density at radius 1 is 1.41 bits per heavy atom. The van der Waals surface area contributed by atoms with Crippen molar-refractivity contribution in [1.29, 1.82) is 0 Å². The van der Waals surface area contributed by atoms with Gasteiger partial charge in [-0.05, 0) is 24.8 Å². The SMILES string of the molecule is CSCc1nc2ccccc2n1CC(=O)NCCC[S@](C)=O. The maximum Gasteiger partial charge on any atom is 0.240 e. The molecule has 1 heterocycles. The molecule has 22 heavy (non-hydrogen) atoms. The molecule has 1 amide bonds. The van der Waals surface area contributed by atoms with Gasteiger partial charge in [0.1, 0.15) is 12.4 Å². The van der Waals surface area contributed by atoms with Crippen LogP contribution in [0.5, 0.6) is 0 Å². The predicted molar refractivity (Wildman–Crippen MR) is 93.5 cm³/mol. The number of fused-ring (bicyclic) bond motifs is 1. The molecule has 1 aromatic carbocycles. The Hall–Kier alpha value is -1.34. The number of carbonyl (C=O) groups is 1. The number of hydrogen-bond donors (Lipinski definition) is 1. The molecule has 5 nitrogen and oxygen atoms in total. The van der Waals surface area contributed by atoms with Crippen LogP contribution in [0, 0.1) is 0 Å². The van der Waals surface area contributed by atoms with E-state index in [1.807, 2.05) is 35.1 Å². The Labute approximate surface area is 137 Å². The lowest BCUT2D eigenvalue weighted by molar-refractivity contribution is -0.121. The molecule has 7 heteroatoms. The van der Waals surface area contributed by atoms with Gasteiger partial charge in [0.05, 0.1) is 16.8 Å². The molecular weight excluding hydrogens is 318 g/mol. The van der Waals surface area contributed by atoms with Crippen molar-refractivity contribution in [3.05, 3.63) is 30.1 Å². The molecule has 0 saturated heterocycles. The number of nitrogens with zero attached hydrogens (tertiary/aromatic N) is 2. The van der Waals surface area contributed by atoms with Gasteiger partial charge in [0.25, 0.3) is 0 Å². The molecule has 0 bridgehead atoms. The van der Waals surface area contributed by atoms with Crippen LogP contribution in [0.25, 0.3) is 11.0 Å². The molecule has 1 aromatic heterocycles. The molecule has 2 rings (SSSR count). The number of carbonyl (C=O) groups excluding carboxylic acids is 1. The molecule has 0 aliphatic heterocycles. The minimum atomic E-state index is -0.806. The topological polar surface area (TPSA) is 64.0 Å². The highest BCUT2D eigenvalue weighted by atomic mass is 32.2. The zero-order valence-corrected chi connectivity index (χ0v) is 14.5. The first-order valence-electron chi connectivity index (χ1n) is 7.11. The summed E-state index contributed by atoms with van der Waals surface area (Å²) in [7, 11) is -0.806. The van der Waals surface area contributed by atoms with Crippen LogP contribution < -0.4 is 5.32 Å². The first-order valence-corrected chi connectivity index (χ1v) is 10.2. The van der Waals surface area contributed by atoms with E-state index in [1.165, 1.54) is 0 Å². The van der Waals surface area contributed by atoms with Crippen LogP contribution in [0.1, 0.15) is 12.2 Å². The number of rotatable bonds is 8. The van der Waals surface area contributed by atoms with E-state index in [0.717, 1.165) is 29.0 Å². The summed E-state index contributed by atoms with van der Waals surface area (Å²) in [6.07, 6.45) is 4.43. The summed E-state index contributed by atoms with van der Waals surface area (Å²) in [5, 5.41) is 2.88. The average Bonchev–Trinajstić information content (AvgIpc) is 2.82. The fraction of sp³-hybridized carbons (Fsp3) is 0.467. The van der Waals surface area contributed by atoms with Gasteiger partial charge in [0.2, 0.25) is 5.91 Å². The number of benzene rings is 1. The third-order valence-corrected chi connectivity index (χ3v) is 4.65. The largest absolute Gasteiger partial charge is 0.355 e. The number of nitrogens with one attached hydrogen (secondary N) is 1. The van der Waals surface area contributed by atoms with E-state index in [0.29, 0.717) is 12.3 Å². The molecule has 0 saturated carbocycles. The van der Waals surface area contributed by atoms with Crippen LogP contribution in [0.2, 0.25) is 0 Å². The molecule has 0 radical (unpaired) electrons. The number of para-hydroxylation sites is 2. The van der Waals surface area contributed by atoms with Crippen molar-refractivity contribution in [3.63, 3.8) is 0 Å². The quantitative estimate of drug-likeness (QED) is 0.745. The van der Waals surface area contributed by atoms with Crippen molar-refractivity contribution in [3.8, 4) is 0 Å². The van der Waals surface area contributed by atoms with Crippen LogP contribution >= 0.6 is 11.8 Å². The van der Waals surface area contributed by atoms with E-state index in [4.69, 9.17) is 0 Å². The summed E-state index contributed by atoms with van der Waals surface area (Å²) < 4.78 is 13.0. The van der Waals surface area contributed by atoms with Gasteiger partial charge in [0, 0.05) is 29.4 Å². The highest BCUT2D eigenvalue weighted by Gasteiger charge is 2.12. The second kappa shape index (κ2) is 8.33. The van der Waals surface area contributed by atoms with Crippen molar-refractivity contribution < 1.29 is 9.00 Å². The summed E-state index contributed by atoms with van der Waals surface area (Å²) in [5.74, 6) is 2.27. The number of hydrogen-bond acceptors (Lipinski definition) is 4. The molecule has 1 N–H and O–H groups in total. The van der Waals surface area contributed by atoms with Gasteiger partial charge in [-0.2, -0.15) is 11.8 Å². The lowest BCUT2D eigenvalue weighted by Crippen LogP contribution is -2.29. The summed E-state index contributed by atoms with van der Waals surface area (Å²) in [6, 6.07) is 7.86. The van der Waals surface area contributed by atoms with Crippen molar-refractivity contribution in [2.24, 2.45) is 0 Å². The minimum absolute atomic E-state index is 0.0348. The van der Waals surface area contributed by atoms with E-state index >= 15 is 0 Å². The van der Waals surface area contributed by atoms with Crippen molar-refractivity contribution in [2.45, 2.75) is 18.7 Å². The van der Waals surface area contributed by atoms with Crippen molar-refractivity contribution in [1.82, 2.24) is 14.9 Å². The zero-order valence-electron chi connectivity index (χ0n) is 12.9. The third kappa shape index (κ3) is 4.58. The van der Waals surface area contributed by atoms with Crippen LogP contribution in [0.15, 0.2) is 24.3 Å². The summed E-state index contributed by atoms with van der Waals surface area (Å²) in [6.45, 7) is 0.828. The molecule has 0 aliphatic rings. The third-order valence-electron chi connectivity index (χ3n) is 3.24. The second-order valence-corrected chi connectivity index (χ2v) is 7.44. The lowest BCUT2D eigenvalue weighted by Gasteiger charge is -2.09. The van der Waals surface area contributed by atoms with E-state index < -0.39 is 10.8 Å². The smallest absolute Gasteiger partial charge is 0.240 e. The van der Waals surface area contributed by atoms with E-state index in [-0.39, 0.29) is 12.5 Å². The second-order valence-electron chi connectivity index (χ2n) is 5.02. The van der Waals surface area contributed by atoms with Crippen molar-refractivity contribution >= 4 is 39.5 Å². The maximum atomic E-state index is 12.1. The monoisotopic (exact) mass is 339 g/mol. The number of amides is 1. The summed E-state index contributed by atoms with van der Waals surface area (Å²) in [5.41, 5.74) is 1.90. The fourth-order valence-electron chi connectivity index (χ4n) is 2.24. The number of thioether (sulfide) groups is 1.